The number of aryl methyl sites for hydroxylation is 1. The number of hydrogen-bond donors (Lipinski definition) is 0. The molecule has 0 fully saturated rings. The molecule has 0 aliphatic carbocycles. The lowest BCUT2D eigenvalue weighted by Gasteiger charge is -2.17. The number of hydrogen-bond acceptors (Lipinski definition) is 5. The van der Waals surface area contributed by atoms with E-state index in [1.54, 1.807) is 45.5 Å². The molecule has 0 heterocycles. The molecule has 0 aliphatic heterocycles. The van der Waals surface area contributed by atoms with Crippen LogP contribution >= 0.6 is 23.2 Å². The molecular weight excluding hydrogens is 417 g/mol. The van der Waals surface area contributed by atoms with E-state index in [1.165, 1.54) is 4.90 Å². The standard InChI is InChI=1S/C21H23Cl2NO5/c1-24(12-15-4-7-16(22)17(23)10-15)20(25)13-29-21(26)9-6-14-5-8-18(27-2)19(11-14)28-3/h4-5,7-8,10-11H,6,9,12-13H2,1-3H3. The van der Waals surface area contributed by atoms with Crippen molar-refractivity contribution in [3.05, 3.63) is 57.6 Å². The second kappa shape index (κ2) is 10.9. The van der Waals surface area contributed by atoms with Gasteiger partial charge < -0.3 is 19.1 Å². The quantitative estimate of drug-likeness (QED) is 0.549. The van der Waals surface area contributed by atoms with Crippen LogP contribution < -0.4 is 9.47 Å². The average molecular weight is 440 g/mol. The molecule has 2 aromatic rings. The van der Waals surface area contributed by atoms with Gasteiger partial charge in [0.15, 0.2) is 18.1 Å². The van der Waals surface area contributed by atoms with E-state index in [2.05, 4.69) is 0 Å². The summed E-state index contributed by atoms with van der Waals surface area (Å²) in [5.41, 5.74) is 1.73. The predicted octanol–water partition coefficient (Wildman–Crippen LogP) is 4.15. The Morgan fingerprint density at radius 2 is 1.62 bits per heavy atom. The topological polar surface area (TPSA) is 65.1 Å². The molecule has 0 aromatic heterocycles. The molecule has 0 saturated carbocycles. The molecule has 8 heteroatoms. The van der Waals surface area contributed by atoms with Gasteiger partial charge in [-0.1, -0.05) is 35.3 Å². The Labute approximate surface area is 180 Å². The van der Waals surface area contributed by atoms with Crippen LogP contribution in [0.1, 0.15) is 17.5 Å². The lowest BCUT2D eigenvalue weighted by atomic mass is 10.1. The van der Waals surface area contributed by atoms with Gasteiger partial charge in [0.2, 0.25) is 0 Å². The molecule has 156 valence electrons. The summed E-state index contributed by atoms with van der Waals surface area (Å²) >= 11 is 11.9. The largest absolute Gasteiger partial charge is 0.493 e. The van der Waals surface area contributed by atoms with Gasteiger partial charge in [0.1, 0.15) is 0 Å². The van der Waals surface area contributed by atoms with Crippen molar-refractivity contribution in [3.63, 3.8) is 0 Å². The molecule has 0 radical (unpaired) electrons. The van der Waals surface area contributed by atoms with Crippen molar-refractivity contribution in [2.75, 3.05) is 27.9 Å². The highest BCUT2D eigenvalue weighted by Crippen LogP contribution is 2.28. The molecule has 0 aliphatic rings. The van der Waals surface area contributed by atoms with Crippen molar-refractivity contribution >= 4 is 35.1 Å². The lowest BCUT2D eigenvalue weighted by Crippen LogP contribution is -2.30. The summed E-state index contributed by atoms with van der Waals surface area (Å²) in [5, 5.41) is 0.874. The number of esters is 1. The number of nitrogens with zero attached hydrogens (tertiary/aromatic N) is 1. The minimum Gasteiger partial charge on any atom is -0.493 e. The van der Waals surface area contributed by atoms with E-state index in [4.69, 9.17) is 37.4 Å². The van der Waals surface area contributed by atoms with Gasteiger partial charge in [0, 0.05) is 20.0 Å². The number of benzene rings is 2. The summed E-state index contributed by atoms with van der Waals surface area (Å²) in [6.45, 7) is 0.0154. The van der Waals surface area contributed by atoms with Crippen LogP contribution in [0, 0.1) is 0 Å². The van der Waals surface area contributed by atoms with Crippen molar-refractivity contribution in [3.8, 4) is 11.5 Å². The fraction of sp³-hybridized carbons (Fsp3) is 0.333. The van der Waals surface area contributed by atoms with Crippen LogP contribution in [0.4, 0.5) is 0 Å². The molecule has 0 N–H and O–H groups in total. The lowest BCUT2D eigenvalue weighted by molar-refractivity contribution is -0.151. The summed E-state index contributed by atoms with van der Waals surface area (Å²) in [5.74, 6) is 0.457. The van der Waals surface area contributed by atoms with Gasteiger partial charge in [-0.3, -0.25) is 9.59 Å². The normalized spacial score (nSPS) is 10.4. The molecule has 0 unspecified atom stereocenters. The Bertz CT molecular complexity index is 872. The van der Waals surface area contributed by atoms with Crippen molar-refractivity contribution < 1.29 is 23.8 Å². The average Bonchev–Trinajstić information content (AvgIpc) is 2.72. The summed E-state index contributed by atoms with van der Waals surface area (Å²) in [7, 11) is 4.74. The van der Waals surface area contributed by atoms with E-state index in [1.807, 2.05) is 12.1 Å². The molecule has 0 bridgehead atoms. The van der Waals surface area contributed by atoms with E-state index in [9.17, 15) is 9.59 Å². The third kappa shape index (κ3) is 6.84. The first-order chi connectivity index (χ1) is 13.8. The van der Waals surface area contributed by atoms with Crippen molar-refractivity contribution in [1.82, 2.24) is 4.90 Å². The van der Waals surface area contributed by atoms with E-state index in [-0.39, 0.29) is 18.9 Å². The molecule has 2 rings (SSSR count). The highest BCUT2D eigenvalue weighted by atomic mass is 35.5. The highest BCUT2D eigenvalue weighted by molar-refractivity contribution is 6.42. The second-order valence-electron chi connectivity index (χ2n) is 6.35. The minimum atomic E-state index is -0.448. The highest BCUT2D eigenvalue weighted by Gasteiger charge is 2.14. The summed E-state index contributed by atoms with van der Waals surface area (Å²) < 4.78 is 15.5. The van der Waals surface area contributed by atoms with Gasteiger partial charge >= 0.3 is 5.97 Å². The fourth-order valence-electron chi connectivity index (χ4n) is 2.61. The van der Waals surface area contributed by atoms with Gasteiger partial charge in [-0.15, -0.1) is 0 Å². The van der Waals surface area contributed by atoms with Crippen LogP contribution in [-0.2, 0) is 27.3 Å². The number of likely N-dealkylation sites (N-methyl/N-ethyl adjacent to an activating group) is 1. The van der Waals surface area contributed by atoms with Gasteiger partial charge in [-0.25, -0.2) is 0 Å². The van der Waals surface area contributed by atoms with Crippen LogP contribution in [0.25, 0.3) is 0 Å². The van der Waals surface area contributed by atoms with Crippen molar-refractivity contribution in [2.24, 2.45) is 0 Å². The number of rotatable bonds is 9. The Balaban J connectivity index is 1.79. The Kier molecular flexibility index (Phi) is 8.61. The zero-order valence-corrected chi connectivity index (χ0v) is 18.0. The SMILES string of the molecule is COc1ccc(CCC(=O)OCC(=O)N(C)Cc2ccc(Cl)c(Cl)c2)cc1OC. The molecule has 6 nitrogen and oxygen atoms in total. The first kappa shape index (κ1) is 22.8. The Morgan fingerprint density at radius 1 is 0.931 bits per heavy atom. The number of carbonyl (C=O) groups is 2. The summed E-state index contributed by atoms with van der Waals surface area (Å²) in [6, 6.07) is 10.6. The molecule has 0 saturated heterocycles. The third-order valence-electron chi connectivity index (χ3n) is 4.25. The zero-order valence-electron chi connectivity index (χ0n) is 16.5. The minimum absolute atomic E-state index is 0.152. The van der Waals surface area contributed by atoms with Crippen molar-refractivity contribution in [1.29, 1.82) is 0 Å². The predicted molar refractivity (Wildman–Crippen MR) is 112 cm³/mol. The molecular formula is C21H23Cl2NO5. The molecule has 0 spiro atoms. The van der Waals surface area contributed by atoms with Crippen LogP contribution in [0.3, 0.4) is 0 Å². The molecule has 29 heavy (non-hydrogen) atoms. The van der Waals surface area contributed by atoms with Crippen LogP contribution in [-0.4, -0.2) is 44.7 Å². The maximum atomic E-state index is 12.2. The van der Waals surface area contributed by atoms with Crippen LogP contribution in [0.5, 0.6) is 11.5 Å². The summed E-state index contributed by atoms with van der Waals surface area (Å²) in [6.07, 6.45) is 0.617. The number of halogens is 2. The van der Waals surface area contributed by atoms with E-state index >= 15 is 0 Å². The first-order valence-corrected chi connectivity index (χ1v) is 9.64. The maximum Gasteiger partial charge on any atom is 0.306 e. The van der Waals surface area contributed by atoms with Gasteiger partial charge in [-0.05, 0) is 41.8 Å². The van der Waals surface area contributed by atoms with E-state index < -0.39 is 5.97 Å². The first-order valence-electron chi connectivity index (χ1n) is 8.88. The van der Waals surface area contributed by atoms with E-state index in [0.717, 1.165) is 11.1 Å². The Hall–Kier alpha value is -2.44. The number of methoxy groups -OCH3 is 2. The molecule has 1 amide bonds. The molecule has 2 aromatic carbocycles. The Morgan fingerprint density at radius 3 is 2.28 bits per heavy atom. The van der Waals surface area contributed by atoms with Gasteiger partial charge in [0.05, 0.1) is 24.3 Å². The second-order valence-corrected chi connectivity index (χ2v) is 7.16. The third-order valence-corrected chi connectivity index (χ3v) is 4.99. The fourth-order valence-corrected chi connectivity index (χ4v) is 2.93. The summed E-state index contributed by atoms with van der Waals surface area (Å²) in [4.78, 5) is 25.6. The van der Waals surface area contributed by atoms with E-state index in [0.29, 0.717) is 34.5 Å². The number of carbonyl (C=O) groups excluding carboxylic acids is 2. The zero-order chi connectivity index (χ0) is 21.4. The smallest absolute Gasteiger partial charge is 0.306 e. The van der Waals surface area contributed by atoms with Gasteiger partial charge in [0.25, 0.3) is 5.91 Å². The monoisotopic (exact) mass is 439 g/mol. The van der Waals surface area contributed by atoms with Crippen LogP contribution in [0.15, 0.2) is 36.4 Å². The van der Waals surface area contributed by atoms with Crippen LogP contribution in [0.2, 0.25) is 10.0 Å². The molecule has 0 atom stereocenters. The maximum absolute atomic E-state index is 12.2. The van der Waals surface area contributed by atoms with Crippen molar-refractivity contribution in [2.45, 2.75) is 19.4 Å². The number of amides is 1. The number of ether oxygens (including phenoxy) is 3. The van der Waals surface area contributed by atoms with Gasteiger partial charge in [-0.2, -0.15) is 0 Å².